The van der Waals surface area contributed by atoms with E-state index in [0.29, 0.717) is 12.3 Å². The maximum atomic E-state index is 11.7. The minimum absolute atomic E-state index is 0.0327. The summed E-state index contributed by atoms with van der Waals surface area (Å²) in [6.45, 7) is 4.46. The van der Waals surface area contributed by atoms with E-state index in [4.69, 9.17) is 15.2 Å². The summed E-state index contributed by atoms with van der Waals surface area (Å²) in [5.74, 6) is -0.224. The number of nitrogens with two attached hydrogens (primary N) is 1. The molecule has 4 heteroatoms. The monoisotopic (exact) mass is 263 g/mol. The van der Waals surface area contributed by atoms with E-state index in [9.17, 15) is 4.79 Å². The second kappa shape index (κ2) is 5.61. The van der Waals surface area contributed by atoms with Gasteiger partial charge in [-0.1, -0.05) is 12.1 Å². The van der Waals surface area contributed by atoms with Crippen molar-refractivity contribution >= 4 is 11.7 Å². The Balaban J connectivity index is 1.75. The van der Waals surface area contributed by atoms with E-state index in [1.807, 2.05) is 12.1 Å². The van der Waals surface area contributed by atoms with E-state index in [2.05, 4.69) is 13.8 Å². The molecule has 1 atom stereocenters. The Labute approximate surface area is 113 Å². The number of hydrogen-bond donors (Lipinski definition) is 1. The van der Waals surface area contributed by atoms with Crippen molar-refractivity contribution in [3.8, 4) is 0 Å². The highest BCUT2D eigenvalue weighted by Gasteiger charge is 2.32. The molecule has 19 heavy (non-hydrogen) atoms. The molecule has 4 nitrogen and oxygen atoms in total. The Morgan fingerprint density at radius 3 is 2.68 bits per heavy atom. The lowest BCUT2D eigenvalue weighted by Gasteiger charge is -2.19. The number of rotatable bonds is 4. The van der Waals surface area contributed by atoms with Crippen LogP contribution in [0.1, 0.15) is 32.3 Å². The first kappa shape index (κ1) is 13.9. The van der Waals surface area contributed by atoms with Crippen LogP contribution in [0.25, 0.3) is 0 Å². The number of esters is 1. The molecule has 1 aliphatic heterocycles. The van der Waals surface area contributed by atoms with Gasteiger partial charge in [-0.15, -0.1) is 0 Å². The third-order valence-corrected chi connectivity index (χ3v) is 3.31. The summed E-state index contributed by atoms with van der Waals surface area (Å²) in [6, 6.07) is 7.24. The summed E-state index contributed by atoms with van der Waals surface area (Å²) in [5.41, 5.74) is 7.10. The Morgan fingerprint density at radius 1 is 1.42 bits per heavy atom. The molecular formula is C15H21NO3. The smallest absolute Gasteiger partial charge is 0.310 e. The molecule has 2 N–H and O–H groups in total. The van der Waals surface area contributed by atoms with Crippen LogP contribution in [0.5, 0.6) is 0 Å². The Bertz CT molecular complexity index is 439. The number of carbonyl (C=O) groups excluding carboxylic acids is 1. The molecule has 2 rings (SSSR count). The summed E-state index contributed by atoms with van der Waals surface area (Å²) < 4.78 is 11.0. The fourth-order valence-electron chi connectivity index (χ4n) is 2.23. The van der Waals surface area contributed by atoms with E-state index in [0.717, 1.165) is 18.4 Å². The highest BCUT2D eigenvalue weighted by molar-refractivity contribution is 5.72. The molecule has 0 bridgehead atoms. The number of benzene rings is 1. The maximum Gasteiger partial charge on any atom is 0.310 e. The minimum Gasteiger partial charge on any atom is -0.463 e. The summed E-state index contributed by atoms with van der Waals surface area (Å²) in [6.07, 6.45) is 2.26. The Kier molecular flexibility index (Phi) is 4.10. The lowest BCUT2D eigenvalue weighted by molar-refractivity contribution is -0.148. The molecule has 0 aliphatic carbocycles. The van der Waals surface area contributed by atoms with Crippen LogP contribution in [0.3, 0.4) is 0 Å². The quantitative estimate of drug-likeness (QED) is 0.669. The zero-order valence-electron chi connectivity index (χ0n) is 11.5. The second-order valence-corrected chi connectivity index (χ2v) is 5.64. The van der Waals surface area contributed by atoms with Gasteiger partial charge in [0, 0.05) is 5.69 Å². The van der Waals surface area contributed by atoms with Gasteiger partial charge in [-0.05, 0) is 44.4 Å². The van der Waals surface area contributed by atoms with E-state index < -0.39 is 0 Å². The molecule has 0 aromatic heterocycles. The summed E-state index contributed by atoms with van der Waals surface area (Å²) in [5, 5.41) is 0. The number of ether oxygens (including phenoxy) is 2. The molecule has 1 fully saturated rings. The molecule has 1 aromatic carbocycles. The van der Waals surface area contributed by atoms with Crippen LogP contribution in [-0.2, 0) is 20.7 Å². The molecule has 0 saturated carbocycles. The fraction of sp³-hybridized carbons (Fsp3) is 0.533. The van der Waals surface area contributed by atoms with Gasteiger partial charge in [0.05, 0.1) is 18.1 Å². The lowest BCUT2D eigenvalue weighted by Crippen LogP contribution is -2.24. The Hall–Kier alpha value is -1.55. The zero-order valence-corrected chi connectivity index (χ0v) is 11.5. The van der Waals surface area contributed by atoms with E-state index in [1.54, 1.807) is 12.1 Å². The molecule has 1 unspecified atom stereocenters. The predicted molar refractivity (Wildman–Crippen MR) is 73.7 cm³/mol. The average Bonchev–Trinajstić information content (AvgIpc) is 2.69. The first-order valence-electron chi connectivity index (χ1n) is 6.62. The first-order valence-corrected chi connectivity index (χ1v) is 6.62. The molecular weight excluding hydrogens is 242 g/mol. The summed E-state index contributed by atoms with van der Waals surface area (Å²) >= 11 is 0. The van der Waals surface area contributed by atoms with Crippen molar-refractivity contribution in [2.24, 2.45) is 0 Å². The van der Waals surface area contributed by atoms with Gasteiger partial charge in [0.1, 0.15) is 6.61 Å². The molecule has 0 radical (unpaired) electrons. The number of nitrogen functional groups attached to an aromatic ring is 1. The lowest BCUT2D eigenvalue weighted by atomic mass is 10.1. The van der Waals surface area contributed by atoms with Gasteiger partial charge in [-0.25, -0.2) is 0 Å². The normalized spacial score (nSPS) is 21.3. The predicted octanol–water partition coefficient (Wildman–Crippen LogP) is 2.31. The van der Waals surface area contributed by atoms with Gasteiger partial charge < -0.3 is 15.2 Å². The van der Waals surface area contributed by atoms with Gasteiger partial charge in [-0.2, -0.15) is 0 Å². The highest BCUT2D eigenvalue weighted by Crippen LogP contribution is 2.29. The first-order chi connectivity index (χ1) is 8.94. The van der Waals surface area contributed by atoms with Crippen molar-refractivity contribution in [3.05, 3.63) is 29.8 Å². The molecule has 1 aromatic rings. The molecule has 1 heterocycles. The van der Waals surface area contributed by atoms with Crippen molar-refractivity contribution < 1.29 is 14.3 Å². The average molecular weight is 263 g/mol. The topological polar surface area (TPSA) is 61.5 Å². The standard InChI is InChI=1S/C15H21NO3/c1-15(2)8-7-13(19-15)10-18-14(17)9-11-3-5-12(16)6-4-11/h3-6,13H,7-10,16H2,1-2H3. The van der Waals surface area contributed by atoms with E-state index in [1.165, 1.54) is 0 Å². The third kappa shape index (κ3) is 4.24. The van der Waals surface area contributed by atoms with Crippen molar-refractivity contribution in [3.63, 3.8) is 0 Å². The number of carbonyl (C=O) groups is 1. The number of hydrogen-bond acceptors (Lipinski definition) is 4. The van der Waals surface area contributed by atoms with Crippen LogP contribution in [0, 0.1) is 0 Å². The van der Waals surface area contributed by atoms with Gasteiger partial charge in [0.15, 0.2) is 0 Å². The van der Waals surface area contributed by atoms with Gasteiger partial charge in [-0.3, -0.25) is 4.79 Å². The molecule has 0 spiro atoms. The van der Waals surface area contributed by atoms with Gasteiger partial charge in [0.25, 0.3) is 0 Å². The zero-order chi connectivity index (χ0) is 13.9. The van der Waals surface area contributed by atoms with Crippen molar-refractivity contribution in [1.29, 1.82) is 0 Å². The molecule has 104 valence electrons. The number of anilines is 1. The minimum atomic E-state index is -0.224. The van der Waals surface area contributed by atoms with Crippen LogP contribution in [0.4, 0.5) is 5.69 Å². The van der Waals surface area contributed by atoms with Crippen molar-refractivity contribution in [2.75, 3.05) is 12.3 Å². The molecule has 1 saturated heterocycles. The third-order valence-electron chi connectivity index (χ3n) is 3.31. The van der Waals surface area contributed by atoms with E-state index >= 15 is 0 Å². The summed E-state index contributed by atoms with van der Waals surface area (Å²) in [4.78, 5) is 11.7. The van der Waals surface area contributed by atoms with Gasteiger partial charge in [0.2, 0.25) is 0 Å². The maximum absolute atomic E-state index is 11.7. The van der Waals surface area contributed by atoms with Crippen LogP contribution in [0.2, 0.25) is 0 Å². The molecule has 0 amide bonds. The van der Waals surface area contributed by atoms with Crippen molar-refractivity contribution in [1.82, 2.24) is 0 Å². The van der Waals surface area contributed by atoms with Crippen LogP contribution < -0.4 is 5.73 Å². The van der Waals surface area contributed by atoms with E-state index in [-0.39, 0.29) is 24.1 Å². The van der Waals surface area contributed by atoms with Crippen LogP contribution in [-0.4, -0.2) is 24.3 Å². The molecule has 1 aliphatic rings. The highest BCUT2D eigenvalue weighted by atomic mass is 16.6. The second-order valence-electron chi connectivity index (χ2n) is 5.64. The summed E-state index contributed by atoms with van der Waals surface area (Å²) in [7, 11) is 0. The van der Waals surface area contributed by atoms with Gasteiger partial charge >= 0.3 is 5.97 Å². The van der Waals surface area contributed by atoms with Crippen molar-refractivity contribution in [2.45, 2.75) is 44.8 Å². The fourth-order valence-corrected chi connectivity index (χ4v) is 2.23. The SMILES string of the molecule is CC1(C)CCC(COC(=O)Cc2ccc(N)cc2)O1. The Morgan fingerprint density at radius 2 is 2.11 bits per heavy atom. The largest absolute Gasteiger partial charge is 0.463 e. The van der Waals surface area contributed by atoms with Crippen LogP contribution >= 0.6 is 0 Å². The van der Waals surface area contributed by atoms with Crippen LogP contribution in [0.15, 0.2) is 24.3 Å².